The zero-order chi connectivity index (χ0) is 13.9. The standard InChI is InChI=1S/C16H31NO2/c1-4-15(18,5-2)12-17-13-11-14(19-6-3)16(13)9-7-8-10-16/h13-14,17-18H,4-12H2,1-3H3. The minimum absolute atomic E-state index is 0.373. The van der Waals surface area contributed by atoms with Gasteiger partial charge in [0.05, 0.1) is 11.7 Å². The van der Waals surface area contributed by atoms with Crippen molar-refractivity contribution < 1.29 is 9.84 Å². The van der Waals surface area contributed by atoms with Gasteiger partial charge in [0.15, 0.2) is 0 Å². The van der Waals surface area contributed by atoms with E-state index in [9.17, 15) is 5.11 Å². The summed E-state index contributed by atoms with van der Waals surface area (Å²) >= 11 is 0. The Bertz CT molecular complexity index is 282. The van der Waals surface area contributed by atoms with Crippen molar-refractivity contribution in [3.05, 3.63) is 0 Å². The molecule has 0 saturated heterocycles. The largest absolute Gasteiger partial charge is 0.389 e. The summed E-state index contributed by atoms with van der Waals surface area (Å²) in [4.78, 5) is 0. The third kappa shape index (κ3) is 2.84. The van der Waals surface area contributed by atoms with E-state index in [2.05, 4.69) is 26.1 Å². The maximum Gasteiger partial charge on any atom is 0.0766 e. The number of hydrogen-bond donors (Lipinski definition) is 2. The minimum Gasteiger partial charge on any atom is -0.389 e. The molecule has 1 spiro atoms. The fourth-order valence-electron chi connectivity index (χ4n) is 3.99. The van der Waals surface area contributed by atoms with Crippen molar-refractivity contribution in [1.29, 1.82) is 0 Å². The van der Waals surface area contributed by atoms with Crippen LogP contribution in [0.5, 0.6) is 0 Å². The highest BCUT2D eigenvalue weighted by atomic mass is 16.5. The lowest BCUT2D eigenvalue weighted by Gasteiger charge is -2.55. The predicted molar refractivity (Wildman–Crippen MR) is 78.3 cm³/mol. The Labute approximate surface area is 118 Å². The van der Waals surface area contributed by atoms with Crippen molar-refractivity contribution in [2.75, 3.05) is 13.2 Å². The predicted octanol–water partition coefficient (Wildman–Crippen LogP) is 2.86. The van der Waals surface area contributed by atoms with Crippen LogP contribution in [-0.2, 0) is 4.74 Å². The van der Waals surface area contributed by atoms with Gasteiger partial charge >= 0.3 is 0 Å². The number of hydrogen-bond acceptors (Lipinski definition) is 3. The topological polar surface area (TPSA) is 41.5 Å². The van der Waals surface area contributed by atoms with Gasteiger partial charge in [0.2, 0.25) is 0 Å². The summed E-state index contributed by atoms with van der Waals surface area (Å²) in [6.07, 6.45) is 8.50. The SMILES string of the molecule is CCOC1CC(NCC(O)(CC)CC)C12CCCC2. The first kappa shape index (κ1) is 15.3. The van der Waals surface area contributed by atoms with Crippen LogP contribution in [0.2, 0.25) is 0 Å². The van der Waals surface area contributed by atoms with Crippen LogP contribution in [0.4, 0.5) is 0 Å². The second-order valence-corrected chi connectivity index (χ2v) is 6.48. The van der Waals surface area contributed by atoms with Crippen LogP contribution < -0.4 is 5.32 Å². The van der Waals surface area contributed by atoms with Crippen molar-refractivity contribution >= 4 is 0 Å². The van der Waals surface area contributed by atoms with E-state index in [1.807, 2.05) is 0 Å². The Morgan fingerprint density at radius 3 is 2.37 bits per heavy atom. The Balaban J connectivity index is 1.91. The highest BCUT2D eigenvalue weighted by Crippen LogP contribution is 2.54. The van der Waals surface area contributed by atoms with Crippen LogP contribution in [0, 0.1) is 5.41 Å². The zero-order valence-corrected chi connectivity index (χ0v) is 12.9. The Hall–Kier alpha value is -0.120. The zero-order valence-electron chi connectivity index (χ0n) is 12.9. The van der Waals surface area contributed by atoms with Gasteiger partial charge in [0.1, 0.15) is 0 Å². The number of aliphatic hydroxyl groups is 1. The van der Waals surface area contributed by atoms with E-state index >= 15 is 0 Å². The molecule has 0 amide bonds. The molecule has 2 fully saturated rings. The second kappa shape index (κ2) is 6.11. The molecule has 2 aliphatic rings. The fourth-order valence-corrected chi connectivity index (χ4v) is 3.99. The first-order valence-corrected chi connectivity index (χ1v) is 8.17. The van der Waals surface area contributed by atoms with Gasteiger partial charge < -0.3 is 15.2 Å². The van der Waals surface area contributed by atoms with Crippen LogP contribution >= 0.6 is 0 Å². The average Bonchev–Trinajstić information content (AvgIpc) is 2.94. The summed E-state index contributed by atoms with van der Waals surface area (Å²) in [6.45, 7) is 7.79. The fraction of sp³-hybridized carbons (Fsp3) is 1.00. The Morgan fingerprint density at radius 2 is 1.84 bits per heavy atom. The molecule has 0 aromatic rings. The normalized spacial score (nSPS) is 29.7. The molecule has 2 unspecified atom stereocenters. The molecule has 2 aliphatic carbocycles. The van der Waals surface area contributed by atoms with Gasteiger partial charge in [0.25, 0.3) is 0 Å². The van der Waals surface area contributed by atoms with Gasteiger partial charge in [-0.3, -0.25) is 0 Å². The second-order valence-electron chi connectivity index (χ2n) is 6.48. The maximum atomic E-state index is 10.4. The molecule has 2 N–H and O–H groups in total. The number of nitrogens with one attached hydrogen (secondary N) is 1. The van der Waals surface area contributed by atoms with E-state index in [1.54, 1.807) is 0 Å². The molecule has 2 atom stereocenters. The van der Waals surface area contributed by atoms with Crippen molar-refractivity contribution in [3.8, 4) is 0 Å². The van der Waals surface area contributed by atoms with E-state index in [0.29, 0.717) is 17.6 Å². The van der Waals surface area contributed by atoms with Gasteiger partial charge in [-0.2, -0.15) is 0 Å². The van der Waals surface area contributed by atoms with Crippen LogP contribution in [-0.4, -0.2) is 36.0 Å². The summed E-state index contributed by atoms with van der Waals surface area (Å²) in [5.41, 5.74) is -0.158. The highest BCUT2D eigenvalue weighted by molar-refractivity contribution is 5.10. The van der Waals surface area contributed by atoms with Crippen LogP contribution in [0.25, 0.3) is 0 Å². The van der Waals surface area contributed by atoms with Gasteiger partial charge in [-0.1, -0.05) is 26.7 Å². The molecule has 0 aromatic carbocycles. The summed E-state index contributed by atoms with van der Waals surface area (Å²) < 4.78 is 5.93. The van der Waals surface area contributed by atoms with Gasteiger partial charge in [0, 0.05) is 24.6 Å². The quantitative estimate of drug-likeness (QED) is 0.747. The molecule has 112 valence electrons. The molecule has 19 heavy (non-hydrogen) atoms. The van der Waals surface area contributed by atoms with E-state index in [4.69, 9.17) is 4.74 Å². The summed E-state index contributed by atoms with van der Waals surface area (Å²) in [6, 6.07) is 0.552. The van der Waals surface area contributed by atoms with Crippen LogP contribution in [0.15, 0.2) is 0 Å². The molecule has 2 saturated carbocycles. The molecule has 0 radical (unpaired) electrons. The smallest absolute Gasteiger partial charge is 0.0766 e. The minimum atomic E-state index is -0.531. The Morgan fingerprint density at radius 1 is 1.21 bits per heavy atom. The van der Waals surface area contributed by atoms with Crippen LogP contribution in [0.3, 0.4) is 0 Å². The lowest BCUT2D eigenvalue weighted by atomic mass is 9.60. The van der Waals surface area contributed by atoms with Gasteiger partial charge in [-0.15, -0.1) is 0 Å². The third-order valence-corrected chi connectivity index (χ3v) is 5.68. The molecule has 0 bridgehead atoms. The van der Waals surface area contributed by atoms with E-state index in [-0.39, 0.29) is 0 Å². The first-order valence-electron chi connectivity index (χ1n) is 8.17. The highest BCUT2D eigenvalue weighted by Gasteiger charge is 2.56. The number of rotatable bonds is 7. The summed E-state index contributed by atoms with van der Waals surface area (Å²) in [7, 11) is 0. The lowest BCUT2D eigenvalue weighted by molar-refractivity contribution is -0.134. The summed E-state index contributed by atoms with van der Waals surface area (Å²) in [5, 5.41) is 14.1. The molecule has 3 heteroatoms. The molecule has 0 heterocycles. The third-order valence-electron chi connectivity index (χ3n) is 5.68. The molecule has 0 aliphatic heterocycles. The lowest BCUT2D eigenvalue weighted by Crippen LogP contribution is -2.64. The molecular formula is C16H31NO2. The monoisotopic (exact) mass is 269 g/mol. The average molecular weight is 269 g/mol. The first-order chi connectivity index (χ1) is 9.10. The molecule has 3 nitrogen and oxygen atoms in total. The van der Waals surface area contributed by atoms with Crippen molar-refractivity contribution in [3.63, 3.8) is 0 Å². The molecular weight excluding hydrogens is 238 g/mol. The van der Waals surface area contributed by atoms with Gasteiger partial charge in [-0.05, 0) is 39.0 Å². The van der Waals surface area contributed by atoms with E-state index in [1.165, 1.54) is 25.7 Å². The summed E-state index contributed by atoms with van der Waals surface area (Å²) in [5.74, 6) is 0. The van der Waals surface area contributed by atoms with Crippen molar-refractivity contribution in [2.24, 2.45) is 5.41 Å². The van der Waals surface area contributed by atoms with Crippen LogP contribution in [0.1, 0.15) is 65.7 Å². The Kier molecular flexibility index (Phi) is 4.91. The molecule has 2 rings (SSSR count). The maximum absolute atomic E-state index is 10.4. The van der Waals surface area contributed by atoms with Crippen molar-refractivity contribution in [2.45, 2.75) is 83.5 Å². The van der Waals surface area contributed by atoms with E-state index in [0.717, 1.165) is 32.4 Å². The number of ether oxygens (including phenoxy) is 1. The van der Waals surface area contributed by atoms with Gasteiger partial charge in [-0.25, -0.2) is 0 Å². The van der Waals surface area contributed by atoms with E-state index < -0.39 is 5.60 Å². The molecule has 0 aromatic heterocycles. The van der Waals surface area contributed by atoms with Crippen molar-refractivity contribution in [1.82, 2.24) is 5.32 Å².